The van der Waals surface area contributed by atoms with Crippen LogP contribution in [0.1, 0.15) is 24.3 Å². The van der Waals surface area contributed by atoms with Crippen LogP contribution in [0.5, 0.6) is 0 Å². The first-order valence-corrected chi connectivity index (χ1v) is 9.93. The Hall–Kier alpha value is -1.85. The maximum Gasteiger partial charge on any atom is 0.206 e. The molecule has 4 rings (SSSR count). The molecule has 0 saturated carbocycles. The summed E-state index contributed by atoms with van der Waals surface area (Å²) < 4.78 is 25.8. The van der Waals surface area contributed by atoms with Crippen LogP contribution < -0.4 is 5.32 Å². The van der Waals surface area contributed by atoms with Gasteiger partial charge in [0, 0.05) is 17.6 Å². The predicted octanol–water partition coefficient (Wildman–Crippen LogP) is 3.12. The molecule has 0 amide bonds. The molecule has 2 aliphatic rings. The van der Waals surface area contributed by atoms with E-state index >= 15 is 0 Å². The van der Waals surface area contributed by atoms with E-state index in [1.54, 1.807) is 30.3 Å². The number of fused-ring (bicyclic) bond motifs is 3. The first-order chi connectivity index (χ1) is 11.6. The van der Waals surface area contributed by atoms with Gasteiger partial charge in [-0.25, -0.2) is 8.42 Å². The zero-order valence-electron chi connectivity index (χ0n) is 13.8. The van der Waals surface area contributed by atoms with Crippen LogP contribution in [0.15, 0.2) is 58.3 Å². The maximum atomic E-state index is 12.9. The Kier molecular flexibility index (Phi) is 3.85. The van der Waals surface area contributed by atoms with Gasteiger partial charge in [0.1, 0.15) is 0 Å². The van der Waals surface area contributed by atoms with Gasteiger partial charge in [-0.05, 0) is 68.9 Å². The van der Waals surface area contributed by atoms with Crippen molar-refractivity contribution in [2.45, 2.75) is 34.6 Å². The van der Waals surface area contributed by atoms with Gasteiger partial charge < -0.3 is 10.2 Å². The first kappa shape index (κ1) is 15.7. The molecule has 0 aromatic heterocycles. The Morgan fingerprint density at radius 3 is 2.54 bits per heavy atom. The number of nitrogens with one attached hydrogen (secondary N) is 1. The lowest BCUT2D eigenvalue weighted by Crippen LogP contribution is -2.22. The van der Waals surface area contributed by atoms with E-state index < -0.39 is 9.84 Å². The van der Waals surface area contributed by atoms with Crippen molar-refractivity contribution in [2.24, 2.45) is 0 Å². The lowest BCUT2D eigenvalue weighted by atomic mass is 9.91. The van der Waals surface area contributed by atoms with Crippen molar-refractivity contribution in [3.63, 3.8) is 0 Å². The zero-order chi connectivity index (χ0) is 16.7. The third-order valence-electron chi connectivity index (χ3n) is 5.26. The summed E-state index contributed by atoms with van der Waals surface area (Å²) in [5, 5.41) is 3.59. The molecular weight excluding hydrogens is 320 g/mol. The van der Waals surface area contributed by atoms with E-state index in [0.29, 0.717) is 21.8 Å². The van der Waals surface area contributed by atoms with Gasteiger partial charge in [0.15, 0.2) is 0 Å². The lowest BCUT2D eigenvalue weighted by molar-refractivity contribution is 0.346. The molecule has 0 aliphatic carbocycles. The minimum atomic E-state index is -3.46. The molecule has 2 aromatic rings. The molecule has 0 bridgehead atoms. The van der Waals surface area contributed by atoms with E-state index in [2.05, 4.69) is 17.3 Å². The number of likely N-dealkylation sites (tertiary alicyclic amines) is 1. The fourth-order valence-electron chi connectivity index (χ4n) is 3.86. The predicted molar refractivity (Wildman–Crippen MR) is 95.2 cm³/mol. The monoisotopic (exact) mass is 342 g/mol. The highest BCUT2D eigenvalue weighted by Gasteiger charge is 2.34. The van der Waals surface area contributed by atoms with E-state index in [9.17, 15) is 8.42 Å². The number of hydrogen-bond acceptors (Lipinski definition) is 4. The van der Waals surface area contributed by atoms with Gasteiger partial charge >= 0.3 is 0 Å². The van der Waals surface area contributed by atoms with Crippen LogP contribution in [-0.4, -0.2) is 39.5 Å². The van der Waals surface area contributed by atoms with Gasteiger partial charge in [0.25, 0.3) is 0 Å². The molecule has 1 saturated heterocycles. The van der Waals surface area contributed by atoms with Crippen LogP contribution >= 0.6 is 0 Å². The second-order valence-corrected chi connectivity index (χ2v) is 8.75. The van der Waals surface area contributed by atoms with Crippen LogP contribution in [0.4, 0.5) is 5.69 Å². The van der Waals surface area contributed by atoms with Gasteiger partial charge in [0.2, 0.25) is 9.84 Å². The number of benzene rings is 2. The highest BCUT2D eigenvalue weighted by molar-refractivity contribution is 7.91. The van der Waals surface area contributed by atoms with Crippen LogP contribution in [0.25, 0.3) is 0 Å². The van der Waals surface area contributed by atoms with Gasteiger partial charge in [-0.3, -0.25) is 0 Å². The van der Waals surface area contributed by atoms with Gasteiger partial charge in [-0.1, -0.05) is 18.2 Å². The molecule has 2 aliphatic heterocycles. The summed E-state index contributed by atoms with van der Waals surface area (Å²) in [5.41, 5.74) is 2.26. The Labute approximate surface area is 143 Å². The zero-order valence-corrected chi connectivity index (χ0v) is 14.6. The normalized spacial score (nSPS) is 23.9. The molecule has 2 atom stereocenters. The number of rotatable bonds is 2. The van der Waals surface area contributed by atoms with Crippen LogP contribution in [0.3, 0.4) is 0 Å². The van der Waals surface area contributed by atoms with E-state index in [0.717, 1.165) is 37.2 Å². The summed E-state index contributed by atoms with van der Waals surface area (Å²) in [6.45, 7) is 2.13. The van der Waals surface area contributed by atoms with Crippen LogP contribution in [0, 0.1) is 0 Å². The van der Waals surface area contributed by atoms with Crippen molar-refractivity contribution in [1.29, 1.82) is 0 Å². The highest BCUT2D eigenvalue weighted by Crippen LogP contribution is 2.42. The molecular formula is C19H22N2O2S. The quantitative estimate of drug-likeness (QED) is 0.911. The van der Waals surface area contributed by atoms with Crippen molar-refractivity contribution >= 4 is 15.5 Å². The number of anilines is 1. The van der Waals surface area contributed by atoms with Crippen molar-refractivity contribution in [3.05, 3.63) is 54.1 Å². The Bertz CT molecular complexity index is 849. The Morgan fingerprint density at radius 1 is 1.00 bits per heavy atom. The number of sulfone groups is 1. The molecule has 0 radical (unpaired) electrons. The van der Waals surface area contributed by atoms with E-state index in [1.807, 2.05) is 18.2 Å². The highest BCUT2D eigenvalue weighted by atomic mass is 32.2. The smallest absolute Gasteiger partial charge is 0.206 e. The van der Waals surface area contributed by atoms with E-state index in [1.165, 1.54) is 0 Å². The minimum absolute atomic E-state index is 0.355. The standard InChI is InChI=1S/C19H22N2O2S/c1-21-11-9-16-17-13-15(7-8-18(17)20-19(16)10-12-21)24(22,23)14-5-3-2-4-6-14/h2-8,13,16,19-20H,9-12H2,1H3/t16?,19-/m1/s1. The van der Waals surface area contributed by atoms with Gasteiger partial charge in [-0.2, -0.15) is 0 Å². The van der Waals surface area contributed by atoms with Gasteiger partial charge in [-0.15, -0.1) is 0 Å². The second kappa shape index (κ2) is 5.90. The molecule has 1 fully saturated rings. The Balaban J connectivity index is 1.72. The second-order valence-electron chi connectivity index (χ2n) is 6.80. The van der Waals surface area contributed by atoms with Crippen LogP contribution in [0.2, 0.25) is 0 Å². The van der Waals surface area contributed by atoms with Crippen molar-refractivity contribution < 1.29 is 8.42 Å². The third kappa shape index (κ3) is 2.62. The third-order valence-corrected chi connectivity index (χ3v) is 7.02. The molecule has 24 heavy (non-hydrogen) atoms. The Morgan fingerprint density at radius 2 is 1.75 bits per heavy atom. The molecule has 4 nitrogen and oxygen atoms in total. The maximum absolute atomic E-state index is 12.9. The fraction of sp³-hybridized carbons (Fsp3) is 0.368. The van der Waals surface area contributed by atoms with E-state index in [4.69, 9.17) is 0 Å². The number of nitrogens with zero attached hydrogens (tertiary/aromatic N) is 1. The average Bonchev–Trinajstić information content (AvgIpc) is 2.85. The molecule has 0 spiro atoms. The molecule has 2 heterocycles. The minimum Gasteiger partial charge on any atom is -0.381 e. The summed E-state index contributed by atoms with van der Waals surface area (Å²) in [6, 6.07) is 14.6. The fourth-order valence-corrected chi connectivity index (χ4v) is 5.18. The molecule has 2 aromatic carbocycles. The molecule has 1 unspecified atom stereocenters. The van der Waals surface area contributed by atoms with E-state index in [-0.39, 0.29) is 0 Å². The van der Waals surface area contributed by atoms with Crippen molar-refractivity contribution in [3.8, 4) is 0 Å². The first-order valence-electron chi connectivity index (χ1n) is 8.45. The summed E-state index contributed by atoms with van der Waals surface area (Å²) >= 11 is 0. The average molecular weight is 342 g/mol. The summed E-state index contributed by atoms with van der Waals surface area (Å²) in [5.74, 6) is 0.399. The summed E-state index contributed by atoms with van der Waals surface area (Å²) in [6.07, 6.45) is 2.16. The van der Waals surface area contributed by atoms with Crippen molar-refractivity contribution in [2.75, 3.05) is 25.5 Å². The molecule has 1 N–H and O–H groups in total. The summed E-state index contributed by atoms with van der Waals surface area (Å²) in [4.78, 5) is 3.10. The van der Waals surface area contributed by atoms with Crippen molar-refractivity contribution in [1.82, 2.24) is 4.90 Å². The summed E-state index contributed by atoms with van der Waals surface area (Å²) in [7, 11) is -1.31. The SMILES string of the molecule is CN1CCC2c3cc(S(=O)(=O)c4ccccc4)ccc3N[C@@H]2CC1. The molecule has 5 heteroatoms. The van der Waals surface area contributed by atoms with Crippen LogP contribution in [-0.2, 0) is 9.84 Å². The topological polar surface area (TPSA) is 49.4 Å². The largest absolute Gasteiger partial charge is 0.381 e. The number of hydrogen-bond donors (Lipinski definition) is 1. The lowest BCUT2D eigenvalue weighted by Gasteiger charge is -2.16. The molecule has 126 valence electrons. The van der Waals surface area contributed by atoms with Gasteiger partial charge in [0.05, 0.1) is 9.79 Å².